The molecule has 5 nitrogen and oxygen atoms in total. The third-order valence-corrected chi connectivity index (χ3v) is 7.40. The van der Waals surface area contributed by atoms with Crippen molar-refractivity contribution in [2.75, 3.05) is 32.2 Å². The van der Waals surface area contributed by atoms with E-state index in [2.05, 4.69) is 23.2 Å². The maximum absolute atomic E-state index is 13.6. The molecule has 3 aromatic rings. The topological polar surface area (TPSA) is 68.5 Å². The quantitative estimate of drug-likeness (QED) is 0.419. The lowest BCUT2D eigenvalue weighted by molar-refractivity contribution is 0.0745. The van der Waals surface area contributed by atoms with Gasteiger partial charge in [-0.3, -0.25) is 4.79 Å². The molecule has 1 aliphatic rings. The minimum absolute atomic E-state index is 0.0278. The first kappa shape index (κ1) is 22.7. The van der Waals surface area contributed by atoms with Crippen LogP contribution in [0, 0.1) is 12.8 Å². The van der Waals surface area contributed by atoms with Crippen LogP contribution in [0.25, 0.3) is 10.4 Å². The van der Waals surface area contributed by atoms with Gasteiger partial charge in [-0.15, -0.1) is 11.8 Å². The Kier molecular flexibility index (Phi) is 7.06. The van der Waals surface area contributed by atoms with E-state index >= 15 is 0 Å². The van der Waals surface area contributed by atoms with Crippen molar-refractivity contribution in [3.8, 4) is 16.2 Å². The zero-order valence-corrected chi connectivity index (χ0v) is 20.4. The zero-order chi connectivity index (χ0) is 22.7. The Balaban J connectivity index is 1.57. The van der Waals surface area contributed by atoms with Crippen LogP contribution in [0.15, 0.2) is 47.4 Å². The van der Waals surface area contributed by atoms with Crippen LogP contribution >= 0.6 is 23.1 Å². The SMILES string of the molecule is COc1ccc(CCN(CC2CC2)C(=O)c2nc(N)sc2-c2cccc(C)c2)cc1SC. The number of thioether (sulfide) groups is 1. The predicted octanol–water partition coefficient (Wildman–Crippen LogP) is 5.53. The molecule has 0 radical (unpaired) electrons. The molecule has 1 heterocycles. The number of aromatic nitrogens is 1. The van der Waals surface area contributed by atoms with Crippen molar-refractivity contribution in [1.82, 2.24) is 9.88 Å². The van der Waals surface area contributed by atoms with Gasteiger partial charge in [0.15, 0.2) is 5.13 Å². The van der Waals surface area contributed by atoms with E-state index in [4.69, 9.17) is 10.5 Å². The maximum Gasteiger partial charge on any atom is 0.274 e. The molecule has 0 unspecified atom stereocenters. The number of ether oxygens (including phenoxy) is 1. The van der Waals surface area contributed by atoms with Gasteiger partial charge in [-0.25, -0.2) is 4.98 Å². The summed E-state index contributed by atoms with van der Waals surface area (Å²) in [5.74, 6) is 1.45. The number of nitrogens with two attached hydrogens (primary N) is 1. The van der Waals surface area contributed by atoms with E-state index < -0.39 is 0 Å². The summed E-state index contributed by atoms with van der Waals surface area (Å²) in [5.41, 5.74) is 9.86. The van der Waals surface area contributed by atoms with E-state index in [1.54, 1.807) is 18.9 Å². The van der Waals surface area contributed by atoms with Gasteiger partial charge in [0.2, 0.25) is 0 Å². The minimum atomic E-state index is -0.0278. The highest BCUT2D eigenvalue weighted by Gasteiger charge is 2.30. The first-order valence-electron chi connectivity index (χ1n) is 10.8. The summed E-state index contributed by atoms with van der Waals surface area (Å²) >= 11 is 3.05. The number of benzene rings is 2. The molecule has 1 saturated carbocycles. The van der Waals surface area contributed by atoms with E-state index in [0.717, 1.165) is 39.6 Å². The summed E-state index contributed by atoms with van der Waals surface area (Å²) in [5, 5.41) is 0.427. The van der Waals surface area contributed by atoms with E-state index in [0.29, 0.717) is 23.3 Å². The highest BCUT2D eigenvalue weighted by atomic mass is 32.2. The van der Waals surface area contributed by atoms with Crippen LogP contribution < -0.4 is 10.5 Å². The van der Waals surface area contributed by atoms with Crippen molar-refractivity contribution in [1.29, 1.82) is 0 Å². The van der Waals surface area contributed by atoms with Crippen molar-refractivity contribution >= 4 is 34.1 Å². The summed E-state index contributed by atoms with van der Waals surface area (Å²) in [6.45, 7) is 3.47. The number of hydrogen-bond acceptors (Lipinski definition) is 6. The monoisotopic (exact) mass is 467 g/mol. The summed E-state index contributed by atoms with van der Waals surface area (Å²) in [4.78, 5) is 22.0. The largest absolute Gasteiger partial charge is 0.496 e. The van der Waals surface area contributed by atoms with Crippen molar-refractivity contribution in [3.05, 3.63) is 59.3 Å². The fourth-order valence-electron chi connectivity index (χ4n) is 3.80. The van der Waals surface area contributed by atoms with Gasteiger partial charge in [0.05, 0.1) is 12.0 Å². The molecule has 1 fully saturated rings. The van der Waals surface area contributed by atoms with Gasteiger partial charge < -0.3 is 15.4 Å². The number of methoxy groups -OCH3 is 1. The Hall–Kier alpha value is -2.51. The van der Waals surface area contributed by atoms with Crippen molar-refractivity contribution in [3.63, 3.8) is 0 Å². The van der Waals surface area contributed by atoms with Crippen LogP contribution in [0.5, 0.6) is 5.75 Å². The molecule has 2 N–H and O–H groups in total. The van der Waals surface area contributed by atoms with Gasteiger partial charge in [-0.05, 0) is 61.6 Å². The second-order valence-electron chi connectivity index (χ2n) is 8.23. The van der Waals surface area contributed by atoms with Crippen LogP contribution in [0.1, 0.15) is 34.5 Å². The number of hydrogen-bond donors (Lipinski definition) is 1. The lowest BCUT2D eigenvalue weighted by atomic mass is 10.1. The third-order valence-electron chi connectivity index (χ3n) is 5.71. The number of amides is 1. The Morgan fingerprint density at radius 1 is 1.28 bits per heavy atom. The molecule has 1 amide bonds. The van der Waals surface area contributed by atoms with Crippen LogP contribution in [0.3, 0.4) is 0 Å². The van der Waals surface area contributed by atoms with Crippen molar-refractivity contribution in [2.24, 2.45) is 5.92 Å². The molecule has 0 atom stereocenters. The zero-order valence-electron chi connectivity index (χ0n) is 18.8. The Morgan fingerprint density at radius 3 is 2.78 bits per heavy atom. The number of thiazole rings is 1. The molecule has 168 valence electrons. The molecular weight excluding hydrogens is 438 g/mol. The van der Waals surface area contributed by atoms with Crippen LogP contribution in [-0.2, 0) is 6.42 Å². The molecule has 1 aliphatic carbocycles. The highest BCUT2D eigenvalue weighted by Crippen LogP contribution is 2.35. The normalized spacial score (nSPS) is 13.2. The average molecular weight is 468 g/mol. The number of anilines is 1. The van der Waals surface area contributed by atoms with Gasteiger partial charge in [0, 0.05) is 18.0 Å². The molecule has 4 rings (SSSR count). The molecule has 2 aromatic carbocycles. The molecule has 0 aliphatic heterocycles. The Bertz CT molecular complexity index is 1110. The molecule has 32 heavy (non-hydrogen) atoms. The molecule has 0 saturated heterocycles. The number of rotatable bonds is 9. The van der Waals surface area contributed by atoms with Gasteiger partial charge in [-0.2, -0.15) is 0 Å². The molecular formula is C25H29N3O2S2. The summed E-state index contributed by atoms with van der Waals surface area (Å²) < 4.78 is 5.44. The fourth-order valence-corrected chi connectivity index (χ4v) is 5.24. The molecule has 0 bridgehead atoms. The number of nitrogens with zero attached hydrogens (tertiary/aromatic N) is 2. The third kappa shape index (κ3) is 5.27. The van der Waals surface area contributed by atoms with Gasteiger partial charge in [0.1, 0.15) is 11.4 Å². The number of aryl methyl sites for hydroxylation is 1. The van der Waals surface area contributed by atoms with Gasteiger partial charge >= 0.3 is 0 Å². The van der Waals surface area contributed by atoms with E-state index in [9.17, 15) is 4.79 Å². The summed E-state index contributed by atoms with van der Waals surface area (Å²) in [6, 6.07) is 14.4. The van der Waals surface area contributed by atoms with E-state index in [1.807, 2.05) is 42.3 Å². The average Bonchev–Trinajstić information content (AvgIpc) is 3.54. The van der Waals surface area contributed by atoms with Crippen LogP contribution in [0.2, 0.25) is 0 Å². The molecule has 0 spiro atoms. The molecule has 7 heteroatoms. The first-order valence-corrected chi connectivity index (χ1v) is 12.9. The van der Waals surface area contributed by atoms with E-state index in [-0.39, 0.29) is 5.91 Å². The smallest absolute Gasteiger partial charge is 0.274 e. The summed E-state index contributed by atoms with van der Waals surface area (Å²) in [6.07, 6.45) is 5.21. The van der Waals surface area contributed by atoms with Crippen LogP contribution in [-0.4, -0.2) is 42.2 Å². The lowest BCUT2D eigenvalue weighted by Gasteiger charge is -2.23. The lowest BCUT2D eigenvalue weighted by Crippen LogP contribution is -2.35. The highest BCUT2D eigenvalue weighted by molar-refractivity contribution is 7.98. The van der Waals surface area contributed by atoms with Crippen molar-refractivity contribution in [2.45, 2.75) is 31.1 Å². The van der Waals surface area contributed by atoms with Gasteiger partial charge in [-0.1, -0.05) is 47.2 Å². The number of nitrogen functional groups attached to an aromatic ring is 1. The predicted molar refractivity (Wildman–Crippen MR) is 134 cm³/mol. The second-order valence-corrected chi connectivity index (χ2v) is 10.1. The minimum Gasteiger partial charge on any atom is -0.496 e. The van der Waals surface area contributed by atoms with Crippen molar-refractivity contribution < 1.29 is 9.53 Å². The molecule has 1 aromatic heterocycles. The van der Waals surface area contributed by atoms with Gasteiger partial charge in [0.25, 0.3) is 5.91 Å². The van der Waals surface area contributed by atoms with Crippen LogP contribution in [0.4, 0.5) is 5.13 Å². The Labute approximate surface area is 198 Å². The number of carbonyl (C=O) groups excluding carboxylic acids is 1. The first-order chi connectivity index (χ1) is 15.5. The summed E-state index contributed by atoms with van der Waals surface area (Å²) in [7, 11) is 1.69. The fraction of sp³-hybridized carbons (Fsp3) is 0.360. The second kappa shape index (κ2) is 9.96. The standard InChI is InChI=1S/C25H29N3O2S2/c1-16-5-4-6-19(13-16)23-22(27-25(26)32-23)24(29)28(15-18-7-8-18)12-11-17-9-10-20(30-2)21(14-17)31-3/h4-6,9-10,13-14,18H,7-8,11-12,15H2,1-3H3,(H2,26,27). The maximum atomic E-state index is 13.6. The Morgan fingerprint density at radius 2 is 2.09 bits per heavy atom. The number of carbonyl (C=O) groups is 1. The van der Waals surface area contributed by atoms with E-state index in [1.165, 1.54) is 29.7 Å².